The Morgan fingerprint density at radius 1 is 0.889 bits per heavy atom. The normalized spacial score (nSPS) is 11.0. The van der Waals surface area contributed by atoms with E-state index in [0.29, 0.717) is 5.69 Å². The minimum Gasteiger partial charge on any atom is -0.322 e. The van der Waals surface area contributed by atoms with Crippen LogP contribution in [0.15, 0.2) is 77.7 Å². The van der Waals surface area contributed by atoms with Crippen LogP contribution >= 0.6 is 11.6 Å². The fourth-order valence-electron chi connectivity index (χ4n) is 2.50. The number of amides is 1. The van der Waals surface area contributed by atoms with E-state index in [2.05, 4.69) is 10.0 Å². The van der Waals surface area contributed by atoms with Crippen molar-refractivity contribution in [2.24, 2.45) is 0 Å². The third-order valence-corrected chi connectivity index (χ3v) is 5.51. The van der Waals surface area contributed by atoms with Crippen molar-refractivity contribution < 1.29 is 13.2 Å². The fourth-order valence-corrected chi connectivity index (χ4v) is 3.83. The molecule has 0 radical (unpaired) electrons. The molecule has 3 aromatic rings. The number of carbonyl (C=O) groups is 1. The maximum Gasteiger partial charge on any atom is 0.261 e. The summed E-state index contributed by atoms with van der Waals surface area (Å²) in [5.74, 6) is -0.372. The van der Waals surface area contributed by atoms with Gasteiger partial charge in [0.2, 0.25) is 0 Å². The lowest BCUT2D eigenvalue weighted by atomic mass is 10.1. The summed E-state index contributed by atoms with van der Waals surface area (Å²) >= 11 is 6.20. The molecule has 0 heterocycles. The number of benzene rings is 3. The van der Waals surface area contributed by atoms with Crippen LogP contribution in [0.2, 0.25) is 5.02 Å². The molecule has 0 aliphatic carbocycles. The second-order valence-electron chi connectivity index (χ2n) is 5.94. The van der Waals surface area contributed by atoms with Gasteiger partial charge in [0.1, 0.15) is 0 Å². The molecule has 3 rings (SSSR count). The van der Waals surface area contributed by atoms with Crippen molar-refractivity contribution >= 4 is 38.9 Å². The number of hydrogen-bond acceptors (Lipinski definition) is 3. The van der Waals surface area contributed by atoms with Gasteiger partial charge < -0.3 is 5.32 Å². The Bertz CT molecular complexity index is 1080. The molecule has 0 aliphatic heterocycles. The van der Waals surface area contributed by atoms with E-state index in [0.717, 1.165) is 5.56 Å². The SMILES string of the molecule is Cc1cccc(NC(=O)c2ccc(NS(=O)(=O)c3ccccc3)cc2Cl)c1. The van der Waals surface area contributed by atoms with Crippen molar-refractivity contribution in [1.29, 1.82) is 0 Å². The van der Waals surface area contributed by atoms with E-state index in [1.54, 1.807) is 24.3 Å². The lowest BCUT2D eigenvalue weighted by Crippen LogP contribution is -2.14. The smallest absolute Gasteiger partial charge is 0.261 e. The molecule has 0 atom stereocenters. The Morgan fingerprint density at radius 2 is 1.63 bits per heavy atom. The van der Waals surface area contributed by atoms with Gasteiger partial charge in [-0.2, -0.15) is 0 Å². The number of sulfonamides is 1. The first-order valence-corrected chi connectivity index (χ1v) is 9.97. The molecular weight excluding hydrogens is 384 g/mol. The molecule has 0 unspecified atom stereocenters. The van der Waals surface area contributed by atoms with Crippen LogP contribution in [0.3, 0.4) is 0 Å². The third kappa shape index (κ3) is 4.67. The number of carbonyl (C=O) groups excluding carboxylic acids is 1. The van der Waals surface area contributed by atoms with E-state index >= 15 is 0 Å². The van der Waals surface area contributed by atoms with E-state index in [1.165, 1.54) is 30.3 Å². The van der Waals surface area contributed by atoms with Gasteiger partial charge in [0.15, 0.2) is 0 Å². The van der Waals surface area contributed by atoms with Gasteiger partial charge in [-0.15, -0.1) is 0 Å². The van der Waals surface area contributed by atoms with E-state index in [1.807, 2.05) is 25.1 Å². The largest absolute Gasteiger partial charge is 0.322 e. The van der Waals surface area contributed by atoms with E-state index < -0.39 is 10.0 Å². The first kappa shape index (κ1) is 18.9. The fraction of sp³-hybridized carbons (Fsp3) is 0.0500. The Morgan fingerprint density at radius 3 is 2.30 bits per heavy atom. The summed E-state index contributed by atoms with van der Waals surface area (Å²) in [6.45, 7) is 1.93. The Kier molecular flexibility index (Phi) is 5.48. The average molecular weight is 401 g/mol. The summed E-state index contributed by atoms with van der Waals surface area (Å²) in [5, 5.41) is 2.92. The molecule has 0 saturated carbocycles. The number of nitrogens with one attached hydrogen (secondary N) is 2. The summed E-state index contributed by atoms with van der Waals surface area (Å²) in [6.07, 6.45) is 0. The molecule has 0 fully saturated rings. The first-order valence-electron chi connectivity index (χ1n) is 8.10. The van der Waals surface area contributed by atoms with E-state index in [-0.39, 0.29) is 27.1 Å². The zero-order chi connectivity index (χ0) is 19.4. The number of aryl methyl sites for hydroxylation is 1. The van der Waals surface area contributed by atoms with Gasteiger partial charge in [-0.05, 0) is 55.0 Å². The van der Waals surface area contributed by atoms with Gasteiger partial charge in [0.25, 0.3) is 15.9 Å². The standard InChI is InChI=1S/C20H17ClN2O3S/c1-14-6-5-7-15(12-14)22-20(24)18-11-10-16(13-19(18)21)23-27(25,26)17-8-3-2-4-9-17/h2-13,23H,1H3,(H,22,24). The Balaban J connectivity index is 1.78. The molecule has 2 N–H and O–H groups in total. The highest BCUT2D eigenvalue weighted by Gasteiger charge is 2.16. The van der Waals surface area contributed by atoms with Crippen molar-refractivity contribution in [3.05, 3.63) is 88.9 Å². The Labute approximate surface area is 163 Å². The highest BCUT2D eigenvalue weighted by molar-refractivity contribution is 7.92. The summed E-state index contributed by atoms with van der Waals surface area (Å²) in [4.78, 5) is 12.6. The maximum absolute atomic E-state index is 12.4. The quantitative estimate of drug-likeness (QED) is 0.651. The van der Waals surface area contributed by atoms with Crippen LogP contribution in [0.25, 0.3) is 0 Å². The highest BCUT2D eigenvalue weighted by atomic mass is 35.5. The maximum atomic E-state index is 12.4. The molecule has 5 nitrogen and oxygen atoms in total. The van der Waals surface area contributed by atoms with Gasteiger partial charge in [-0.25, -0.2) is 8.42 Å². The predicted octanol–water partition coefficient (Wildman–Crippen LogP) is 4.70. The van der Waals surface area contributed by atoms with E-state index in [9.17, 15) is 13.2 Å². The number of anilines is 2. The van der Waals surface area contributed by atoms with E-state index in [4.69, 9.17) is 11.6 Å². The topological polar surface area (TPSA) is 75.3 Å². The van der Waals surface area contributed by atoms with Crippen LogP contribution in [-0.4, -0.2) is 14.3 Å². The first-order chi connectivity index (χ1) is 12.8. The molecule has 1 amide bonds. The number of halogens is 1. The zero-order valence-electron chi connectivity index (χ0n) is 14.4. The van der Waals surface area contributed by atoms with Gasteiger partial charge in [0.05, 0.1) is 21.2 Å². The zero-order valence-corrected chi connectivity index (χ0v) is 16.0. The van der Waals surface area contributed by atoms with Crippen molar-refractivity contribution in [2.75, 3.05) is 10.0 Å². The van der Waals surface area contributed by atoms with Crippen molar-refractivity contribution in [1.82, 2.24) is 0 Å². The molecule has 138 valence electrons. The molecule has 0 aliphatic rings. The van der Waals surface area contributed by atoms with Crippen LogP contribution in [0.4, 0.5) is 11.4 Å². The molecule has 7 heteroatoms. The lowest BCUT2D eigenvalue weighted by molar-refractivity contribution is 0.102. The molecule has 27 heavy (non-hydrogen) atoms. The molecule has 0 saturated heterocycles. The van der Waals surface area contributed by atoms with Gasteiger partial charge in [-0.1, -0.05) is 41.9 Å². The molecule has 0 spiro atoms. The van der Waals surface area contributed by atoms with Crippen LogP contribution < -0.4 is 10.0 Å². The minimum absolute atomic E-state index is 0.141. The molecule has 0 aromatic heterocycles. The van der Waals surface area contributed by atoms with Crippen molar-refractivity contribution in [3.63, 3.8) is 0 Å². The summed E-state index contributed by atoms with van der Waals surface area (Å²) in [6, 6.07) is 19.8. The molecular formula is C20H17ClN2O3S. The second kappa shape index (κ2) is 7.82. The minimum atomic E-state index is -3.73. The van der Waals surface area contributed by atoms with Crippen LogP contribution in [0.1, 0.15) is 15.9 Å². The van der Waals surface area contributed by atoms with Crippen LogP contribution in [0.5, 0.6) is 0 Å². The summed E-state index contributed by atoms with van der Waals surface area (Å²) in [5.41, 5.74) is 2.20. The third-order valence-electron chi connectivity index (χ3n) is 3.80. The van der Waals surface area contributed by atoms with Gasteiger partial charge in [-0.3, -0.25) is 9.52 Å². The summed E-state index contributed by atoms with van der Waals surface area (Å²) < 4.78 is 27.2. The molecule has 3 aromatic carbocycles. The summed E-state index contributed by atoms with van der Waals surface area (Å²) in [7, 11) is -3.73. The lowest BCUT2D eigenvalue weighted by Gasteiger charge is -2.11. The monoisotopic (exact) mass is 400 g/mol. The van der Waals surface area contributed by atoms with Gasteiger partial charge >= 0.3 is 0 Å². The predicted molar refractivity (Wildman–Crippen MR) is 108 cm³/mol. The van der Waals surface area contributed by atoms with Crippen molar-refractivity contribution in [3.8, 4) is 0 Å². The number of hydrogen-bond donors (Lipinski definition) is 2. The van der Waals surface area contributed by atoms with Crippen LogP contribution in [-0.2, 0) is 10.0 Å². The van der Waals surface area contributed by atoms with Crippen LogP contribution in [0, 0.1) is 6.92 Å². The van der Waals surface area contributed by atoms with Crippen molar-refractivity contribution in [2.45, 2.75) is 11.8 Å². The second-order valence-corrected chi connectivity index (χ2v) is 8.03. The highest BCUT2D eigenvalue weighted by Crippen LogP contribution is 2.24. The average Bonchev–Trinajstić information content (AvgIpc) is 2.62. The Hall–Kier alpha value is -2.83. The number of rotatable bonds is 5. The van der Waals surface area contributed by atoms with Gasteiger partial charge in [0, 0.05) is 5.69 Å². The molecule has 0 bridgehead atoms.